The molecule has 1 aromatic heterocycles. The lowest BCUT2D eigenvalue weighted by atomic mass is 9.83. The maximum Gasteiger partial charge on any atom is 0.308 e. The lowest BCUT2D eigenvalue weighted by Gasteiger charge is -2.30. The minimum Gasteiger partial charge on any atom is -0.497 e. The Morgan fingerprint density at radius 2 is 1.63 bits per heavy atom. The number of methoxy groups -OCH3 is 1. The van der Waals surface area contributed by atoms with Crippen LogP contribution in [0.1, 0.15) is 21.9 Å². The highest BCUT2D eigenvalue weighted by molar-refractivity contribution is 8.00. The van der Waals surface area contributed by atoms with Crippen LogP contribution in [0.3, 0.4) is 0 Å². The molecule has 1 fully saturated rings. The molecule has 0 aliphatic carbocycles. The van der Waals surface area contributed by atoms with Gasteiger partial charge in [-0.15, -0.1) is 0 Å². The molecular weight excluding hydrogens is 565 g/mol. The number of benzene rings is 3. The zero-order chi connectivity index (χ0) is 28.8. The third kappa shape index (κ3) is 4.85. The summed E-state index contributed by atoms with van der Waals surface area (Å²) in [6.07, 6.45) is 0. The average Bonchev–Trinajstić information content (AvgIpc) is 3.41. The molecule has 3 amide bonds. The second kappa shape index (κ2) is 10.6. The third-order valence-corrected chi connectivity index (χ3v) is 9.85. The molecule has 1 N–H and O–H groups in total. The van der Waals surface area contributed by atoms with E-state index < -0.39 is 28.8 Å². The van der Waals surface area contributed by atoms with Gasteiger partial charge < -0.3 is 10.1 Å². The number of carbonyl (C=O) groups excluding carboxylic acids is 3. The number of thiazole rings is 1. The fourth-order valence-electron chi connectivity index (χ4n) is 5.25. The quantitative estimate of drug-likeness (QED) is 0.325. The van der Waals surface area contributed by atoms with Crippen LogP contribution < -0.4 is 19.8 Å². The predicted molar refractivity (Wildman–Crippen MR) is 155 cm³/mol. The normalized spacial score (nSPS) is 19.6. The van der Waals surface area contributed by atoms with Crippen molar-refractivity contribution in [3.63, 3.8) is 0 Å². The van der Waals surface area contributed by atoms with Crippen molar-refractivity contribution < 1.29 is 23.5 Å². The molecule has 0 spiro atoms. The van der Waals surface area contributed by atoms with E-state index in [1.54, 1.807) is 31.4 Å². The predicted octanol–water partition coefficient (Wildman–Crippen LogP) is 4.80. The molecule has 2 aliphatic rings. The zero-order valence-corrected chi connectivity index (χ0v) is 23.6. The molecule has 8 nitrogen and oxygen atoms in total. The highest BCUT2D eigenvalue weighted by Crippen LogP contribution is 2.54. The number of carbonyl (C=O) groups is 3. The van der Waals surface area contributed by atoms with Crippen molar-refractivity contribution in [2.24, 2.45) is 5.92 Å². The molecule has 0 bridgehead atoms. The molecule has 3 aromatic carbocycles. The average molecular weight is 590 g/mol. The van der Waals surface area contributed by atoms with Crippen LogP contribution in [0.5, 0.6) is 5.75 Å². The Hall–Kier alpha value is -4.22. The van der Waals surface area contributed by atoms with Gasteiger partial charge in [-0.25, -0.2) is 9.29 Å². The molecular formula is C30H24FN3O5S2. The Bertz CT molecular complexity index is 1720. The summed E-state index contributed by atoms with van der Waals surface area (Å²) >= 11 is 2.13. The van der Waals surface area contributed by atoms with Gasteiger partial charge in [0.05, 0.1) is 23.7 Å². The summed E-state index contributed by atoms with van der Waals surface area (Å²) in [5, 5.41) is 2.38. The SMILES string of the molecule is COc1ccc([C@H]2c3sc(=O)n(CC(=O)Nc4ccc(F)cc4)c3SC3C(=O)N(c4ccc(C)cc4)C(=O)C32)cc1. The number of ether oxygens (including phenoxy) is 1. The second-order valence-electron chi connectivity index (χ2n) is 9.84. The first-order chi connectivity index (χ1) is 19.7. The van der Waals surface area contributed by atoms with Crippen LogP contribution in [0.4, 0.5) is 15.8 Å². The molecule has 4 aromatic rings. The molecule has 2 aliphatic heterocycles. The van der Waals surface area contributed by atoms with E-state index in [9.17, 15) is 23.6 Å². The van der Waals surface area contributed by atoms with Gasteiger partial charge in [0.25, 0.3) is 0 Å². The summed E-state index contributed by atoms with van der Waals surface area (Å²) < 4.78 is 19.9. The van der Waals surface area contributed by atoms with Crippen molar-refractivity contribution in [1.82, 2.24) is 4.57 Å². The highest BCUT2D eigenvalue weighted by atomic mass is 32.2. The van der Waals surface area contributed by atoms with Crippen molar-refractivity contribution in [2.75, 3.05) is 17.3 Å². The number of fused-ring (bicyclic) bond motifs is 2. The molecule has 41 heavy (non-hydrogen) atoms. The number of amides is 3. The first-order valence-corrected chi connectivity index (χ1v) is 14.5. The fourth-order valence-corrected chi connectivity index (χ4v) is 8.02. The van der Waals surface area contributed by atoms with Crippen LogP contribution in [0.2, 0.25) is 0 Å². The van der Waals surface area contributed by atoms with Crippen molar-refractivity contribution in [1.29, 1.82) is 0 Å². The summed E-state index contributed by atoms with van der Waals surface area (Å²) in [6.45, 7) is 1.63. The molecule has 3 atom stereocenters. The monoisotopic (exact) mass is 589 g/mol. The van der Waals surface area contributed by atoms with E-state index in [0.717, 1.165) is 34.2 Å². The molecule has 6 rings (SSSR count). The Morgan fingerprint density at radius 1 is 0.951 bits per heavy atom. The number of nitrogens with zero attached hydrogens (tertiary/aromatic N) is 2. The van der Waals surface area contributed by atoms with Crippen LogP contribution in [-0.4, -0.2) is 34.6 Å². The number of nitrogens with one attached hydrogen (secondary N) is 1. The van der Waals surface area contributed by atoms with E-state index in [4.69, 9.17) is 4.74 Å². The number of hydrogen-bond acceptors (Lipinski definition) is 7. The van der Waals surface area contributed by atoms with Gasteiger partial charge >= 0.3 is 4.87 Å². The first-order valence-electron chi connectivity index (χ1n) is 12.8. The minimum absolute atomic E-state index is 0.300. The van der Waals surface area contributed by atoms with Crippen LogP contribution in [0.15, 0.2) is 82.6 Å². The maximum atomic E-state index is 13.9. The number of anilines is 2. The van der Waals surface area contributed by atoms with Gasteiger partial charge in [0.2, 0.25) is 17.7 Å². The summed E-state index contributed by atoms with van der Waals surface area (Å²) in [7, 11) is 1.56. The van der Waals surface area contributed by atoms with Crippen molar-refractivity contribution in [2.45, 2.75) is 29.7 Å². The summed E-state index contributed by atoms with van der Waals surface area (Å²) in [5.74, 6) is -2.28. The smallest absolute Gasteiger partial charge is 0.308 e. The number of halogens is 1. The van der Waals surface area contributed by atoms with E-state index in [1.807, 2.05) is 31.2 Å². The number of imide groups is 1. The molecule has 208 valence electrons. The van der Waals surface area contributed by atoms with Gasteiger partial charge in [-0.3, -0.25) is 23.7 Å². The standard InChI is InChI=1S/C30H24FN3O5S2/c1-16-3-11-20(12-4-16)34-27(36)24-23(17-5-13-21(39-2)14-6-17)26-29(40-25(24)28(34)37)33(30(38)41-26)15-22(35)32-19-9-7-18(31)8-10-19/h3-14,23-25H,15H2,1-2H3,(H,32,35)/t23-,24?,25?/m1/s1. The van der Waals surface area contributed by atoms with Crippen molar-refractivity contribution in [3.05, 3.63) is 104 Å². The zero-order valence-electron chi connectivity index (χ0n) is 22.0. The van der Waals surface area contributed by atoms with E-state index in [0.29, 0.717) is 27.0 Å². The van der Waals surface area contributed by atoms with Gasteiger partial charge in [-0.05, 0) is 61.0 Å². The van der Waals surface area contributed by atoms with E-state index >= 15 is 0 Å². The molecule has 0 radical (unpaired) electrons. The highest BCUT2D eigenvalue weighted by Gasteiger charge is 2.56. The Labute approximate surface area is 242 Å². The second-order valence-corrected chi connectivity index (χ2v) is 12.0. The number of aryl methyl sites for hydroxylation is 1. The van der Waals surface area contributed by atoms with Gasteiger partial charge in [-0.2, -0.15) is 0 Å². The Morgan fingerprint density at radius 3 is 2.29 bits per heavy atom. The largest absolute Gasteiger partial charge is 0.497 e. The number of hydrogen-bond donors (Lipinski definition) is 1. The number of aromatic nitrogens is 1. The van der Waals surface area contributed by atoms with Crippen LogP contribution in [0.25, 0.3) is 0 Å². The topological polar surface area (TPSA) is 97.7 Å². The molecule has 11 heteroatoms. The first kappa shape index (κ1) is 27.0. The van der Waals surface area contributed by atoms with Gasteiger partial charge in [0, 0.05) is 16.5 Å². The summed E-state index contributed by atoms with van der Waals surface area (Å²) in [6, 6.07) is 19.7. The van der Waals surface area contributed by atoms with E-state index in [-0.39, 0.29) is 23.2 Å². The molecule has 2 unspecified atom stereocenters. The summed E-state index contributed by atoms with van der Waals surface area (Å²) in [5.41, 5.74) is 2.65. The fraction of sp³-hybridized carbons (Fsp3) is 0.200. The Balaban J connectivity index is 1.40. The molecule has 1 saturated heterocycles. The lowest BCUT2D eigenvalue weighted by Crippen LogP contribution is -2.33. The summed E-state index contributed by atoms with van der Waals surface area (Å²) in [4.78, 5) is 55.4. The maximum absolute atomic E-state index is 13.9. The van der Waals surface area contributed by atoms with Crippen LogP contribution in [0, 0.1) is 18.7 Å². The van der Waals surface area contributed by atoms with Gasteiger partial charge in [-0.1, -0.05) is 52.9 Å². The number of thioether (sulfide) groups is 1. The Kier molecular flexibility index (Phi) is 7.00. The van der Waals surface area contributed by atoms with Crippen molar-refractivity contribution >= 4 is 52.2 Å². The minimum atomic E-state index is -0.788. The van der Waals surface area contributed by atoms with Crippen LogP contribution >= 0.6 is 23.1 Å². The van der Waals surface area contributed by atoms with E-state index in [1.165, 1.54) is 33.7 Å². The van der Waals surface area contributed by atoms with Gasteiger partial charge in [0.15, 0.2) is 0 Å². The molecule has 0 saturated carbocycles. The van der Waals surface area contributed by atoms with Crippen molar-refractivity contribution in [3.8, 4) is 5.75 Å². The van der Waals surface area contributed by atoms with Gasteiger partial charge in [0.1, 0.15) is 23.4 Å². The van der Waals surface area contributed by atoms with Crippen LogP contribution in [-0.2, 0) is 20.9 Å². The number of rotatable bonds is 6. The lowest BCUT2D eigenvalue weighted by molar-refractivity contribution is -0.122. The molecule has 3 heterocycles. The third-order valence-electron chi connectivity index (χ3n) is 7.25. The van der Waals surface area contributed by atoms with E-state index in [2.05, 4.69) is 5.32 Å².